The lowest BCUT2D eigenvalue weighted by atomic mass is 9.90. The Morgan fingerprint density at radius 2 is 2.08 bits per heavy atom. The average molecular weight is 471 g/mol. The summed E-state index contributed by atoms with van der Waals surface area (Å²) >= 11 is 2.35. The Morgan fingerprint density at radius 3 is 2.73 bits per heavy atom. The summed E-state index contributed by atoms with van der Waals surface area (Å²) in [7, 11) is 1.89. The average Bonchev–Trinajstić information content (AvgIpc) is 2.59. The normalized spacial score (nSPS) is 20.0. The first kappa shape index (κ1) is 20.8. The van der Waals surface area contributed by atoms with Crippen molar-refractivity contribution in [3.63, 3.8) is 0 Å². The maximum Gasteiger partial charge on any atom is 0.252 e. The molecular formula is C19H26IN3O3. The molecule has 1 aromatic rings. The highest BCUT2D eigenvalue weighted by Crippen LogP contribution is 2.21. The number of carbonyl (C=O) groups is 3. The zero-order valence-electron chi connectivity index (χ0n) is 15.3. The number of carbonyl (C=O) groups excluding carboxylic acids is 3. The summed E-state index contributed by atoms with van der Waals surface area (Å²) < 4.78 is 1.09. The van der Waals surface area contributed by atoms with Gasteiger partial charge in [0.1, 0.15) is 5.54 Å². The molecule has 1 atom stereocenters. The van der Waals surface area contributed by atoms with Crippen LogP contribution in [0.3, 0.4) is 0 Å². The zero-order valence-corrected chi connectivity index (χ0v) is 17.4. The minimum absolute atomic E-state index is 0.228. The van der Waals surface area contributed by atoms with Crippen LogP contribution in [0.2, 0.25) is 0 Å². The molecule has 26 heavy (non-hydrogen) atoms. The molecule has 0 bridgehead atoms. The molecule has 1 heterocycles. The smallest absolute Gasteiger partial charge is 0.252 e. The molecule has 3 N–H and O–H groups in total. The van der Waals surface area contributed by atoms with E-state index in [0.29, 0.717) is 12.0 Å². The van der Waals surface area contributed by atoms with Gasteiger partial charge >= 0.3 is 0 Å². The first-order chi connectivity index (χ1) is 12.4. The Labute approximate surface area is 168 Å². The molecule has 0 spiro atoms. The topological polar surface area (TPSA) is 87.3 Å². The van der Waals surface area contributed by atoms with Crippen molar-refractivity contribution >= 4 is 40.3 Å². The quantitative estimate of drug-likeness (QED) is 0.235. The fraction of sp³-hybridized carbons (Fsp3) is 0.526. The molecule has 0 saturated carbocycles. The number of alkyl halides is 1. The number of benzene rings is 1. The Kier molecular flexibility index (Phi) is 7.57. The van der Waals surface area contributed by atoms with Crippen LogP contribution >= 0.6 is 22.6 Å². The van der Waals surface area contributed by atoms with E-state index in [-0.39, 0.29) is 18.2 Å². The van der Waals surface area contributed by atoms with Crippen LogP contribution in [0.25, 0.3) is 0 Å². The van der Waals surface area contributed by atoms with Gasteiger partial charge in [-0.25, -0.2) is 0 Å². The van der Waals surface area contributed by atoms with Crippen molar-refractivity contribution in [2.75, 3.05) is 11.5 Å². The van der Waals surface area contributed by atoms with Crippen molar-refractivity contribution in [3.8, 4) is 0 Å². The van der Waals surface area contributed by atoms with Gasteiger partial charge in [-0.1, -0.05) is 34.7 Å². The molecule has 1 unspecified atom stereocenters. The highest BCUT2D eigenvalue weighted by Gasteiger charge is 2.40. The van der Waals surface area contributed by atoms with E-state index in [1.807, 2.05) is 19.2 Å². The number of halogens is 1. The van der Waals surface area contributed by atoms with Crippen molar-refractivity contribution in [1.29, 1.82) is 0 Å². The third kappa shape index (κ3) is 5.26. The lowest BCUT2D eigenvalue weighted by Crippen LogP contribution is -2.61. The van der Waals surface area contributed by atoms with E-state index < -0.39 is 11.4 Å². The predicted molar refractivity (Wildman–Crippen MR) is 109 cm³/mol. The first-order valence-electron chi connectivity index (χ1n) is 8.89. The fourth-order valence-corrected chi connectivity index (χ4v) is 3.58. The minimum Gasteiger partial charge on any atom is -0.338 e. The minimum atomic E-state index is -1.06. The van der Waals surface area contributed by atoms with E-state index in [0.717, 1.165) is 41.4 Å². The molecule has 7 heteroatoms. The van der Waals surface area contributed by atoms with Crippen molar-refractivity contribution in [3.05, 3.63) is 34.9 Å². The van der Waals surface area contributed by atoms with E-state index in [1.165, 1.54) is 0 Å². The fourth-order valence-electron chi connectivity index (χ4n) is 3.04. The molecule has 1 aliphatic rings. The summed E-state index contributed by atoms with van der Waals surface area (Å²) in [6, 6.07) is 5.82. The number of unbranched alkanes of at least 4 members (excludes halogenated alkanes) is 1. The Morgan fingerprint density at radius 1 is 1.31 bits per heavy atom. The molecule has 0 radical (unpaired) electrons. The van der Waals surface area contributed by atoms with Gasteiger partial charge in [-0.2, -0.15) is 0 Å². The summed E-state index contributed by atoms with van der Waals surface area (Å²) in [6.45, 7) is 2.40. The van der Waals surface area contributed by atoms with E-state index in [1.54, 1.807) is 6.92 Å². The van der Waals surface area contributed by atoms with E-state index >= 15 is 0 Å². The van der Waals surface area contributed by atoms with Crippen molar-refractivity contribution in [2.24, 2.45) is 0 Å². The second-order valence-corrected chi connectivity index (χ2v) is 7.91. The number of nitrogens with one attached hydrogen (secondary N) is 3. The van der Waals surface area contributed by atoms with Gasteiger partial charge in [-0.3, -0.25) is 19.7 Å². The summed E-state index contributed by atoms with van der Waals surface area (Å²) in [6.07, 6.45) is 3.47. The van der Waals surface area contributed by atoms with E-state index in [4.69, 9.17) is 0 Å². The SMILES string of the molecule is CNCc1ccc(C(=O)NC2(C)CCC(=O)NC2=O)c(CCCCI)c1. The van der Waals surface area contributed by atoms with Gasteiger partial charge in [0.2, 0.25) is 5.91 Å². The number of hydrogen-bond acceptors (Lipinski definition) is 4. The Hall–Kier alpha value is -1.48. The van der Waals surface area contributed by atoms with E-state index in [2.05, 4.69) is 44.6 Å². The summed E-state index contributed by atoms with van der Waals surface area (Å²) in [5.74, 6) is -1.00. The molecule has 1 aliphatic heterocycles. The summed E-state index contributed by atoms with van der Waals surface area (Å²) in [5.41, 5.74) is 1.66. The van der Waals surface area contributed by atoms with Crippen LogP contribution in [0.5, 0.6) is 0 Å². The standard InChI is InChI=1S/C19H26IN3O3/c1-19(9-8-16(24)22-18(19)26)23-17(25)15-7-6-13(12-21-2)11-14(15)5-3-4-10-20/h6-7,11,21H,3-5,8-10,12H2,1-2H3,(H,23,25)(H,22,24,26). The molecule has 1 aromatic carbocycles. The van der Waals surface area contributed by atoms with Crippen molar-refractivity contribution in [2.45, 2.75) is 51.1 Å². The van der Waals surface area contributed by atoms with Crippen LogP contribution < -0.4 is 16.0 Å². The number of amides is 3. The summed E-state index contributed by atoms with van der Waals surface area (Å²) in [4.78, 5) is 36.4. The third-order valence-electron chi connectivity index (χ3n) is 4.62. The highest BCUT2D eigenvalue weighted by atomic mass is 127. The Bertz CT molecular complexity index is 693. The maximum atomic E-state index is 12.9. The van der Waals surface area contributed by atoms with Gasteiger partial charge in [0, 0.05) is 18.5 Å². The number of piperidine rings is 1. The van der Waals surface area contributed by atoms with Gasteiger partial charge < -0.3 is 10.6 Å². The first-order valence-corrected chi connectivity index (χ1v) is 10.4. The summed E-state index contributed by atoms with van der Waals surface area (Å²) in [5, 5.41) is 8.27. The lowest BCUT2D eigenvalue weighted by molar-refractivity contribution is -0.137. The van der Waals surface area contributed by atoms with Gasteiger partial charge in [0.05, 0.1) is 0 Å². The van der Waals surface area contributed by atoms with Gasteiger partial charge in [0.15, 0.2) is 0 Å². The van der Waals surface area contributed by atoms with Gasteiger partial charge in [-0.05, 0) is 61.3 Å². The molecule has 1 fully saturated rings. The second-order valence-electron chi connectivity index (χ2n) is 6.83. The molecule has 3 amide bonds. The molecular weight excluding hydrogens is 445 g/mol. The molecule has 0 aromatic heterocycles. The largest absolute Gasteiger partial charge is 0.338 e. The molecule has 142 valence electrons. The predicted octanol–water partition coefficient (Wildman–Crippen LogP) is 2.09. The van der Waals surface area contributed by atoms with Crippen LogP contribution in [0.15, 0.2) is 18.2 Å². The van der Waals surface area contributed by atoms with Gasteiger partial charge in [-0.15, -0.1) is 0 Å². The highest BCUT2D eigenvalue weighted by molar-refractivity contribution is 14.1. The Balaban J connectivity index is 2.20. The van der Waals surface area contributed by atoms with Crippen LogP contribution in [-0.2, 0) is 22.6 Å². The zero-order chi connectivity index (χ0) is 19.2. The number of aryl methyl sites for hydroxylation is 1. The molecule has 0 aliphatic carbocycles. The molecule has 2 rings (SSSR count). The van der Waals surface area contributed by atoms with Crippen LogP contribution in [0.4, 0.5) is 0 Å². The second kappa shape index (κ2) is 9.45. The number of rotatable bonds is 8. The van der Waals surface area contributed by atoms with Crippen LogP contribution in [0.1, 0.15) is 54.1 Å². The maximum absolute atomic E-state index is 12.9. The number of imide groups is 1. The van der Waals surface area contributed by atoms with Crippen LogP contribution in [-0.4, -0.2) is 34.7 Å². The van der Waals surface area contributed by atoms with Crippen molar-refractivity contribution < 1.29 is 14.4 Å². The molecule has 6 nitrogen and oxygen atoms in total. The van der Waals surface area contributed by atoms with E-state index in [9.17, 15) is 14.4 Å². The van der Waals surface area contributed by atoms with Gasteiger partial charge in [0.25, 0.3) is 11.8 Å². The molecule has 1 saturated heterocycles. The number of hydrogen-bond donors (Lipinski definition) is 3. The lowest BCUT2D eigenvalue weighted by Gasteiger charge is -2.32. The monoisotopic (exact) mass is 471 g/mol. The third-order valence-corrected chi connectivity index (χ3v) is 5.38. The van der Waals surface area contributed by atoms with Crippen molar-refractivity contribution in [1.82, 2.24) is 16.0 Å². The van der Waals surface area contributed by atoms with Crippen LogP contribution in [0, 0.1) is 0 Å².